The lowest BCUT2D eigenvalue weighted by Gasteiger charge is -2.52. The molecule has 4 fully saturated rings. The van der Waals surface area contributed by atoms with E-state index in [1.54, 1.807) is 38.5 Å². The van der Waals surface area contributed by atoms with Crippen molar-refractivity contribution in [1.29, 1.82) is 0 Å². The van der Waals surface area contributed by atoms with Gasteiger partial charge in [0.05, 0.1) is 0 Å². The summed E-state index contributed by atoms with van der Waals surface area (Å²) in [6, 6.07) is 0. The van der Waals surface area contributed by atoms with Crippen LogP contribution >= 0.6 is 0 Å². The zero-order valence-electron chi connectivity index (χ0n) is 8.68. The Labute approximate surface area is 81.1 Å². The van der Waals surface area contributed by atoms with E-state index >= 15 is 0 Å². The van der Waals surface area contributed by atoms with Crippen molar-refractivity contribution < 1.29 is 0 Å². The Bertz CT molecular complexity index is 263. The molecule has 0 heteroatoms. The fraction of sp³-hybridized carbons (Fsp3) is 1.00. The molecule has 5 atom stereocenters. The van der Waals surface area contributed by atoms with Crippen LogP contribution in [-0.4, -0.2) is 0 Å². The molecule has 0 aromatic heterocycles. The molecule has 4 aliphatic carbocycles. The summed E-state index contributed by atoms with van der Waals surface area (Å²) in [5.41, 5.74) is 1.84. The summed E-state index contributed by atoms with van der Waals surface area (Å²) >= 11 is 0. The third-order valence-electron chi connectivity index (χ3n) is 6.53. The van der Waals surface area contributed by atoms with E-state index in [-0.39, 0.29) is 0 Å². The largest absolute Gasteiger partial charge is 0.0648 e. The molecular formula is C13H20. The van der Waals surface area contributed by atoms with Gasteiger partial charge in [0.15, 0.2) is 0 Å². The molecule has 4 aliphatic rings. The van der Waals surface area contributed by atoms with E-state index in [1.807, 2.05) is 0 Å². The SMILES string of the molecule is CCC12CCCC13C1C2CCC[C@H]13. The predicted octanol–water partition coefficient (Wildman–Crippen LogP) is 3.61. The Morgan fingerprint density at radius 2 is 1.92 bits per heavy atom. The molecule has 72 valence electrons. The Morgan fingerprint density at radius 1 is 1.08 bits per heavy atom. The standard InChI is InChI=1S/C13H20/c1-2-12-7-4-8-13(12)10-6-3-5-9(12)11(10)13/h9-11H,2-8H2,1H3/t9?,10-,11?,12?,13?/m1/s1. The van der Waals surface area contributed by atoms with Gasteiger partial charge >= 0.3 is 0 Å². The number of hydrogen-bond acceptors (Lipinski definition) is 0. The molecule has 0 nitrogen and oxygen atoms in total. The van der Waals surface area contributed by atoms with E-state index in [1.165, 1.54) is 24.2 Å². The highest BCUT2D eigenvalue weighted by atomic mass is 14.9. The molecule has 1 spiro atoms. The molecule has 0 aromatic carbocycles. The Balaban J connectivity index is 1.83. The first-order valence-electron chi connectivity index (χ1n) is 6.37. The van der Waals surface area contributed by atoms with Crippen LogP contribution < -0.4 is 0 Å². The van der Waals surface area contributed by atoms with Gasteiger partial charge in [0.1, 0.15) is 0 Å². The molecule has 4 saturated carbocycles. The van der Waals surface area contributed by atoms with Gasteiger partial charge in [-0.3, -0.25) is 0 Å². The van der Waals surface area contributed by atoms with Crippen LogP contribution in [0.2, 0.25) is 0 Å². The fourth-order valence-electron chi connectivity index (χ4n) is 6.42. The van der Waals surface area contributed by atoms with Crippen LogP contribution in [0.15, 0.2) is 0 Å². The summed E-state index contributed by atoms with van der Waals surface area (Å²) in [4.78, 5) is 0. The fourth-order valence-corrected chi connectivity index (χ4v) is 6.42. The smallest absolute Gasteiger partial charge is 0.0173 e. The summed E-state index contributed by atoms with van der Waals surface area (Å²) in [6.07, 6.45) is 11.0. The minimum Gasteiger partial charge on any atom is -0.0648 e. The van der Waals surface area contributed by atoms with Crippen LogP contribution in [0.1, 0.15) is 51.9 Å². The highest BCUT2D eigenvalue weighted by molar-refractivity contribution is 5.34. The van der Waals surface area contributed by atoms with Gasteiger partial charge in [0.25, 0.3) is 0 Å². The Kier molecular flexibility index (Phi) is 1.04. The van der Waals surface area contributed by atoms with E-state index in [2.05, 4.69) is 6.92 Å². The summed E-state index contributed by atoms with van der Waals surface area (Å²) in [5.74, 6) is 3.65. The van der Waals surface area contributed by atoms with Gasteiger partial charge in [-0.05, 0) is 60.7 Å². The third-order valence-corrected chi connectivity index (χ3v) is 6.53. The molecule has 0 amide bonds. The lowest BCUT2D eigenvalue weighted by molar-refractivity contribution is -0.0453. The predicted molar refractivity (Wildman–Crippen MR) is 53.3 cm³/mol. The van der Waals surface area contributed by atoms with E-state index < -0.39 is 0 Å². The second-order valence-electron chi connectivity index (χ2n) is 6.07. The van der Waals surface area contributed by atoms with Crippen molar-refractivity contribution in [3.63, 3.8) is 0 Å². The number of rotatable bonds is 1. The maximum Gasteiger partial charge on any atom is -0.0173 e. The summed E-state index contributed by atoms with van der Waals surface area (Å²) in [5, 5.41) is 0. The first-order chi connectivity index (χ1) is 6.37. The van der Waals surface area contributed by atoms with Crippen molar-refractivity contribution in [2.75, 3.05) is 0 Å². The van der Waals surface area contributed by atoms with Crippen LogP contribution in [-0.2, 0) is 0 Å². The van der Waals surface area contributed by atoms with Gasteiger partial charge in [-0.2, -0.15) is 0 Å². The maximum absolute atomic E-state index is 2.47. The average molecular weight is 176 g/mol. The molecule has 0 saturated heterocycles. The van der Waals surface area contributed by atoms with Gasteiger partial charge in [0.2, 0.25) is 0 Å². The molecular weight excluding hydrogens is 156 g/mol. The van der Waals surface area contributed by atoms with Crippen molar-refractivity contribution in [1.82, 2.24) is 0 Å². The van der Waals surface area contributed by atoms with Gasteiger partial charge in [-0.15, -0.1) is 0 Å². The maximum atomic E-state index is 2.47. The molecule has 4 unspecified atom stereocenters. The number of hydrogen-bond donors (Lipinski definition) is 0. The molecule has 0 radical (unpaired) electrons. The summed E-state index contributed by atoms with van der Waals surface area (Å²) in [7, 11) is 0. The lowest BCUT2D eigenvalue weighted by Crippen LogP contribution is -2.46. The van der Waals surface area contributed by atoms with Gasteiger partial charge < -0.3 is 0 Å². The van der Waals surface area contributed by atoms with Gasteiger partial charge in [0, 0.05) is 0 Å². The van der Waals surface area contributed by atoms with Crippen molar-refractivity contribution >= 4 is 0 Å². The van der Waals surface area contributed by atoms with Crippen LogP contribution in [0.3, 0.4) is 0 Å². The quantitative estimate of drug-likeness (QED) is 0.572. The molecule has 0 bridgehead atoms. The zero-order valence-corrected chi connectivity index (χ0v) is 8.68. The van der Waals surface area contributed by atoms with Crippen LogP contribution in [0, 0.1) is 28.6 Å². The first kappa shape index (κ1) is 7.31. The summed E-state index contributed by atoms with van der Waals surface area (Å²) in [6.45, 7) is 2.47. The van der Waals surface area contributed by atoms with Crippen molar-refractivity contribution in [2.45, 2.75) is 51.9 Å². The highest BCUT2D eigenvalue weighted by Gasteiger charge is 2.87. The van der Waals surface area contributed by atoms with Crippen molar-refractivity contribution in [3.8, 4) is 0 Å². The van der Waals surface area contributed by atoms with Crippen LogP contribution in [0.25, 0.3) is 0 Å². The normalized spacial score (nSPS) is 66.7. The van der Waals surface area contributed by atoms with E-state index in [4.69, 9.17) is 0 Å². The van der Waals surface area contributed by atoms with E-state index in [9.17, 15) is 0 Å². The molecule has 13 heavy (non-hydrogen) atoms. The molecule has 4 rings (SSSR count). The lowest BCUT2D eigenvalue weighted by atomic mass is 9.52. The Hall–Kier alpha value is 0. The van der Waals surface area contributed by atoms with Crippen LogP contribution in [0.4, 0.5) is 0 Å². The second kappa shape index (κ2) is 1.85. The van der Waals surface area contributed by atoms with Crippen LogP contribution in [0.5, 0.6) is 0 Å². The number of fused-ring (bicyclic) bond motifs is 1. The summed E-state index contributed by atoms with van der Waals surface area (Å²) < 4.78 is 0. The molecule has 0 heterocycles. The molecule has 0 aliphatic heterocycles. The minimum absolute atomic E-state index is 0.888. The van der Waals surface area contributed by atoms with E-state index in [0.717, 1.165) is 10.8 Å². The third kappa shape index (κ3) is 0.480. The molecule has 0 aromatic rings. The average Bonchev–Trinajstić information content (AvgIpc) is 2.66. The monoisotopic (exact) mass is 176 g/mol. The highest BCUT2D eigenvalue weighted by Crippen LogP contribution is 2.92. The second-order valence-corrected chi connectivity index (χ2v) is 6.07. The molecule has 0 N–H and O–H groups in total. The van der Waals surface area contributed by atoms with Gasteiger partial charge in [-0.1, -0.05) is 19.8 Å². The topological polar surface area (TPSA) is 0 Å². The van der Waals surface area contributed by atoms with Crippen molar-refractivity contribution in [2.24, 2.45) is 28.6 Å². The minimum atomic E-state index is 0.888. The van der Waals surface area contributed by atoms with Crippen molar-refractivity contribution in [3.05, 3.63) is 0 Å². The van der Waals surface area contributed by atoms with E-state index in [0.29, 0.717) is 0 Å². The Morgan fingerprint density at radius 3 is 2.69 bits per heavy atom. The van der Waals surface area contributed by atoms with Gasteiger partial charge in [-0.25, -0.2) is 0 Å². The zero-order chi connectivity index (χ0) is 8.68. The first-order valence-corrected chi connectivity index (χ1v) is 6.37.